The summed E-state index contributed by atoms with van der Waals surface area (Å²) < 4.78 is 86.9. The van der Waals surface area contributed by atoms with Crippen LogP contribution in [0.5, 0.6) is 5.75 Å². The highest BCUT2D eigenvalue weighted by Gasteiger charge is 2.24. The van der Waals surface area contributed by atoms with Crippen molar-refractivity contribution in [1.82, 2.24) is 0 Å². The predicted molar refractivity (Wildman–Crippen MR) is 215 cm³/mol. The van der Waals surface area contributed by atoms with E-state index in [0.29, 0.717) is 24.3 Å². The average Bonchev–Trinajstić information content (AvgIpc) is 3.20. The highest BCUT2D eigenvalue weighted by molar-refractivity contribution is 7.93. The largest absolute Gasteiger partial charge is 0.497 e. The molecule has 0 aliphatic carbocycles. The molecule has 4 N–H and O–H groups in total. The van der Waals surface area contributed by atoms with Crippen molar-refractivity contribution >= 4 is 43.4 Å². The monoisotopic (exact) mass is 828 g/mol. The number of sulfonamides is 2. The molecule has 58 heavy (non-hydrogen) atoms. The van der Waals surface area contributed by atoms with Crippen LogP contribution in [0.25, 0.3) is 0 Å². The fraction of sp³-hybridized carbons (Fsp3) is 0.116. The Labute approximate surface area is 334 Å². The molecule has 0 bridgehead atoms. The van der Waals surface area contributed by atoms with Crippen molar-refractivity contribution in [3.05, 3.63) is 185 Å². The van der Waals surface area contributed by atoms with Crippen LogP contribution in [0, 0.1) is 11.6 Å². The first-order valence-electron chi connectivity index (χ1n) is 17.6. The minimum absolute atomic E-state index is 0.130. The molecule has 0 heterocycles. The summed E-state index contributed by atoms with van der Waals surface area (Å²) in [5.74, 6) is -3.78. The number of rotatable bonds is 15. The third kappa shape index (κ3) is 11.7. The number of halogens is 2. The summed E-state index contributed by atoms with van der Waals surface area (Å²) in [6, 6.07) is 36.1. The Morgan fingerprint density at radius 1 is 0.534 bits per heavy atom. The van der Waals surface area contributed by atoms with E-state index in [1.54, 1.807) is 72.8 Å². The van der Waals surface area contributed by atoms with Crippen LogP contribution in [-0.4, -0.2) is 46.1 Å². The van der Waals surface area contributed by atoms with E-state index in [-0.39, 0.29) is 21.7 Å². The van der Waals surface area contributed by atoms with Crippen LogP contribution in [0.2, 0.25) is 0 Å². The number of anilines is 2. The maximum atomic E-state index is 13.8. The first-order chi connectivity index (χ1) is 27.6. The number of hydrogen-bond acceptors (Lipinski definition) is 7. The van der Waals surface area contributed by atoms with Gasteiger partial charge in [0.15, 0.2) is 4.90 Å². The number of ether oxygens (including phenoxy) is 1. The number of nitrogens with one attached hydrogen (secondary N) is 2. The summed E-state index contributed by atoms with van der Waals surface area (Å²) in [6.07, 6.45) is 2.84. The second-order valence-electron chi connectivity index (χ2n) is 12.8. The minimum atomic E-state index is -4.40. The van der Waals surface area contributed by atoms with Crippen LogP contribution in [0.15, 0.2) is 149 Å². The molecular weight excluding hydrogens is 791 g/mol. The van der Waals surface area contributed by atoms with Gasteiger partial charge in [-0.15, -0.1) is 0 Å². The molecule has 0 fully saturated rings. The second-order valence-corrected chi connectivity index (χ2v) is 16.1. The van der Waals surface area contributed by atoms with E-state index < -0.39 is 48.5 Å². The van der Waals surface area contributed by atoms with Crippen LogP contribution in [0.4, 0.5) is 20.2 Å². The van der Waals surface area contributed by atoms with Gasteiger partial charge in [-0.2, -0.15) is 0 Å². The smallest absolute Gasteiger partial charge is 0.335 e. The lowest BCUT2D eigenvalue weighted by Gasteiger charge is -2.10. The van der Waals surface area contributed by atoms with E-state index in [2.05, 4.69) is 9.44 Å². The highest BCUT2D eigenvalue weighted by atomic mass is 32.2. The summed E-state index contributed by atoms with van der Waals surface area (Å²) in [5.41, 5.74) is 5.12. The van der Waals surface area contributed by atoms with Crippen LogP contribution >= 0.6 is 0 Å². The van der Waals surface area contributed by atoms with Crippen molar-refractivity contribution in [2.45, 2.75) is 35.5 Å². The fourth-order valence-electron chi connectivity index (χ4n) is 5.61. The van der Waals surface area contributed by atoms with Gasteiger partial charge >= 0.3 is 11.9 Å². The number of carboxylic acid groups (broad SMARTS) is 2. The van der Waals surface area contributed by atoms with E-state index in [1.165, 1.54) is 43.5 Å². The topological polar surface area (TPSA) is 176 Å². The van der Waals surface area contributed by atoms with E-state index in [1.807, 2.05) is 12.1 Å². The normalized spacial score (nSPS) is 11.2. The number of aromatic carboxylic acids is 2. The Morgan fingerprint density at radius 2 is 0.897 bits per heavy atom. The summed E-state index contributed by atoms with van der Waals surface area (Å²) >= 11 is 0. The Morgan fingerprint density at radius 3 is 1.28 bits per heavy atom. The maximum Gasteiger partial charge on any atom is 0.335 e. The average molecular weight is 829 g/mol. The molecule has 6 aromatic carbocycles. The van der Waals surface area contributed by atoms with Crippen LogP contribution in [0.3, 0.4) is 0 Å². The molecule has 15 heteroatoms. The van der Waals surface area contributed by atoms with Gasteiger partial charge in [0.1, 0.15) is 17.4 Å². The van der Waals surface area contributed by atoms with Gasteiger partial charge in [0.25, 0.3) is 20.0 Å². The zero-order valence-corrected chi connectivity index (χ0v) is 32.6. The number of benzene rings is 6. The zero-order chi connectivity index (χ0) is 41.9. The van der Waals surface area contributed by atoms with Crippen molar-refractivity contribution in [2.24, 2.45) is 0 Å². The number of carbonyl (C=O) groups is 2. The maximum absolute atomic E-state index is 13.8. The lowest BCUT2D eigenvalue weighted by Crippen LogP contribution is -2.16. The summed E-state index contributed by atoms with van der Waals surface area (Å²) in [4.78, 5) is 20.9. The van der Waals surface area contributed by atoms with Crippen LogP contribution in [-0.2, 0) is 45.7 Å². The third-order valence-electron chi connectivity index (χ3n) is 8.76. The number of hydrogen-bond donors (Lipinski definition) is 4. The Kier molecular flexibility index (Phi) is 14.0. The van der Waals surface area contributed by atoms with E-state index >= 15 is 0 Å². The lowest BCUT2D eigenvalue weighted by molar-refractivity contribution is 0.0686. The zero-order valence-electron chi connectivity index (χ0n) is 30.9. The van der Waals surface area contributed by atoms with Crippen molar-refractivity contribution in [1.29, 1.82) is 0 Å². The van der Waals surface area contributed by atoms with E-state index in [0.717, 1.165) is 53.3 Å². The standard InChI is InChI=1S/C22H21NO5S.C21H17F2NO4S/c1-28-20-3-2-4-21(15-20)29(26,27)23-19-13-9-17(10-14-19)6-5-16-7-11-18(12-8-16)22(24)25;22-18-2-1-3-19(23)20(18)29(27,28)24-17-12-8-15(9-13-17)5-4-14-6-10-16(11-7-14)21(25)26/h2-4,7-15,23H,5-6H2,1H3,(H,24,25);1-3,6-13,24H,4-5H2,(H,25,26). The predicted octanol–water partition coefficient (Wildman–Crippen LogP) is 8.23. The van der Waals surface area contributed by atoms with Gasteiger partial charge < -0.3 is 14.9 Å². The van der Waals surface area contributed by atoms with Gasteiger partial charge in [-0.3, -0.25) is 9.44 Å². The summed E-state index contributed by atoms with van der Waals surface area (Å²) in [5, 5.41) is 17.8. The minimum Gasteiger partial charge on any atom is -0.497 e. The van der Waals surface area contributed by atoms with Gasteiger partial charge in [-0.25, -0.2) is 35.2 Å². The Hall–Kier alpha value is -6.58. The van der Waals surface area contributed by atoms with Crippen LogP contribution < -0.4 is 14.2 Å². The van der Waals surface area contributed by atoms with Gasteiger partial charge in [-0.1, -0.05) is 60.7 Å². The SMILES string of the molecule is COc1cccc(S(=O)(=O)Nc2ccc(CCc3ccc(C(=O)O)cc3)cc2)c1.O=C(O)c1ccc(CCc2ccc(NS(=O)(=O)c3c(F)cccc3F)cc2)cc1. The van der Waals surface area contributed by atoms with Crippen molar-refractivity contribution in [3.63, 3.8) is 0 Å². The first-order valence-corrected chi connectivity index (χ1v) is 20.6. The molecule has 300 valence electrons. The Bertz CT molecular complexity index is 2570. The molecule has 0 unspecified atom stereocenters. The van der Waals surface area contributed by atoms with Gasteiger partial charge in [0, 0.05) is 17.4 Å². The molecule has 0 aromatic heterocycles. The molecule has 0 aliphatic rings. The van der Waals surface area contributed by atoms with E-state index in [4.69, 9.17) is 14.9 Å². The molecule has 0 atom stereocenters. The lowest BCUT2D eigenvalue weighted by atomic mass is 10.0. The third-order valence-corrected chi connectivity index (χ3v) is 11.6. The summed E-state index contributed by atoms with van der Waals surface area (Å²) in [6.45, 7) is 0. The second kappa shape index (κ2) is 19.0. The van der Waals surface area contributed by atoms with Gasteiger partial charge in [-0.05, 0) is 121 Å². The molecular formula is C43H38F2N2O9S2. The number of methoxy groups -OCH3 is 1. The Balaban J connectivity index is 0.000000221. The fourth-order valence-corrected chi connectivity index (χ4v) is 7.90. The van der Waals surface area contributed by atoms with Gasteiger partial charge in [0.05, 0.1) is 23.1 Å². The molecule has 0 radical (unpaired) electrons. The van der Waals surface area contributed by atoms with E-state index in [9.17, 15) is 35.2 Å². The molecule has 11 nitrogen and oxygen atoms in total. The molecule has 6 aromatic rings. The quantitative estimate of drug-likeness (QED) is 0.0795. The molecule has 0 amide bonds. The molecule has 0 spiro atoms. The first kappa shape index (κ1) is 42.6. The summed E-state index contributed by atoms with van der Waals surface area (Å²) in [7, 11) is -6.62. The van der Waals surface area contributed by atoms with Crippen molar-refractivity contribution in [3.8, 4) is 5.75 Å². The number of carboxylic acids is 2. The molecule has 0 aliphatic heterocycles. The van der Waals surface area contributed by atoms with Gasteiger partial charge in [0.2, 0.25) is 0 Å². The van der Waals surface area contributed by atoms with Crippen LogP contribution in [0.1, 0.15) is 43.0 Å². The van der Waals surface area contributed by atoms with Crippen molar-refractivity contribution < 1.29 is 50.2 Å². The van der Waals surface area contributed by atoms with Crippen molar-refractivity contribution in [2.75, 3.05) is 16.6 Å². The highest BCUT2D eigenvalue weighted by Crippen LogP contribution is 2.23. The molecule has 0 saturated carbocycles. The number of aryl methyl sites for hydroxylation is 4. The molecule has 0 saturated heterocycles. The molecule has 6 rings (SSSR count).